The van der Waals surface area contributed by atoms with Gasteiger partial charge in [0.25, 0.3) is 11.6 Å². The molecule has 0 fully saturated rings. The molecular weight excluding hydrogens is 443 g/mol. The van der Waals surface area contributed by atoms with E-state index in [1.807, 2.05) is 0 Å². The van der Waals surface area contributed by atoms with Crippen molar-refractivity contribution in [2.75, 3.05) is 19.8 Å². The molecular formula is C17H16F3N5O7. The molecule has 0 bridgehead atoms. The van der Waals surface area contributed by atoms with Crippen LogP contribution < -0.4 is 15.4 Å². The fraction of sp³-hybridized carbons (Fsp3) is 0.294. The predicted molar refractivity (Wildman–Crippen MR) is 99.3 cm³/mol. The Morgan fingerprint density at radius 2 is 1.88 bits per heavy atom. The summed E-state index contributed by atoms with van der Waals surface area (Å²) in [5, 5.41) is 17.8. The van der Waals surface area contributed by atoms with Gasteiger partial charge in [0.2, 0.25) is 5.69 Å². The number of imide groups is 1. The number of ether oxygens (including phenoxy) is 2. The van der Waals surface area contributed by atoms with Crippen molar-refractivity contribution in [2.45, 2.75) is 13.1 Å². The quantitative estimate of drug-likeness (QED) is 0.344. The third-order valence-corrected chi connectivity index (χ3v) is 3.54. The Bertz CT molecular complexity index is 1000. The SMILES string of the molecule is CCOC(=O)c1nn(-c2ccc([N+](=O)[O-])cc2)cc1OCC(=O)NC(=O)NCC(F)(F)F. The van der Waals surface area contributed by atoms with Crippen LogP contribution in [0.5, 0.6) is 5.75 Å². The molecule has 3 amide bonds. The minimum absolute atomic E-state index is 0.00251. The number of nitrogens with one attached hydrogen (secondary N) is 2. The minimum atomic E-state index is -4.65. The minimum Gasteiger partial charge on any atom is -0.480 e. The van der Waals surface area contributed by atoms with Crippen LogP contribution in [-0.4, -0.2) is 58.5 Å². The molecule has 0 spiro atoms. The number of nitro groups is 1. The van der Waals surface area contributed by atoms with Crippen molar-refractivity contribution in [3.05, 3.63) is 46.3 Å². The van der Waals surface area contributed by atoms with Crippen LogP contribution in [0.2, 0.25) is 0 Å². The van der Waals surface area contributed by atoms with E-state index in [0.29, 0.717) is 5.69 Å². The Balaban J connectivity index is 2.12. The summed E-state index contributed by atoms with van der Waals surface area (Å²) in [6.45, 7) is -0.929. The van der Waals surface area contributed by atoms with Gasteiger partial charge in [0.05, 0.1) is 23.4 Å². The highest BCUT2D eigenvalue weighted by Crippen LogP contribution is 2.22. The standard InChI is InChI=1S/C17H16F3N5O7/c1-2-31-15(27)14-12(32-8-13(26)22-16(28)21-9-17(18,19)20)7-24(23-14)10-3-5-11(6-4-10)25(29)30/h3-7H,2,8-9H2,1H3,(H2,21,22,26,28). The number of amides is 3. The number of rotatable bonds is 8. The largest absolute Gasteiger partial charge is 0.480 e. The number of urea groups is 1. The van der Waals surface area contributed by atoms with Crippen LogP contribution in [0.15, 0.2) is 30.5 Å². The number of alkyl halides is 3. The molecule has 32 heavy (non-hydrogen) atoms. The van der Waals surface area contributed by atoms with E-state index in [2.05, 4.69) is 5.10 Å². The molecule has 2 aromatic rings. The summed E-state index contributed by atoms with van der Waals surface area (Å²) in [7, 11) is 0. The molecule has 2 N–H and O–H groups in total. The Morgan fingerprint density at radius 1 is 1.22 bits per heavy atom. The van der Waals surface area contributed by atoms with E-state index in [-0.39, 0.29) is 23.7 Å². The molecule has 0 aliphatic heterocycles. The van der Waals surface area contributed by atoms with E-state index >= 15 is 0 Å². The smallest absolute Gasteiger partial charge is 0.405 e. The highest BCUT2D eigenvalue weighted by molar-refractivity contribution is 5.95. The van der Waals surface area contributed by atoms with Gasteiger partial charge in [0.15, 0.2) is 12.4 Å². The van der Waals surface area contributed by atoms with Gasteiger partial charge >= 0.3 is 18.2 Å². The summed E-state index contributed by atoms with van der Waals surface area (Å²) in [4.78, 5) is 45.3. The fourth-order valence-electron chi connectivity index (χ4n) is 2.19. The lowest BCUT2D eigenvalue weighted by molar-refractivity contribution is -0.384. The van der Waals surface area contributed by atoms with Crippen molar-refractivity contribution in [3.8, 4) is 11.4 Å². The van der Waals surface area contributed by atoms with E-state index in [4.69, 9.17) is 9.47 Å². The molecule has 0 unspecified atom stereocenters. The first-order chi connectivity index (χ1) is 15.0. The van der Waals surface area contributed by atoms with Crippen molar-refractivity contribution >= 4 is 23.6 Å². The monoisotopic (exact) mass is 459 g/mol. The Morgan fingerprint density at radius 3 is 2.44 bits per heavy atom. The van der Waals surface area contributed by atoms with Crippen molar-refractivity contribution in [3.63, 3.8) is 0 Å². The maximum atomic E-state index is 12.1. The van der Waals surface area contributed by atoms with Crippen LogP contribution in [-0.2, 0) is 9.53 Å². The number of carbonyl (C=O) groups is 3. The second-order valence-corrected chi connectivity index (χ2v) is 5.92. The highest BCUT2D eigenvalue weighted by atomic mass is 19.4. The molecule has 1 aromatic heterocycles. The Hall–Kier alpha value is -4.17. The second-order valence-electron chi connectivity index (χ2n) is 5.92. The fourth-order valence-corrected chi connectivity index (χ4v) is 2.19. The molecule has 0 aliphatic carbocycles. The highest BCUT2D eigenvalue weighted by Gasteiger charge is 2.28. The average Bonchev–Trinajstić information content (AvgIpc) is 3.15. The lowest BCUT2D eigenvalue weighted by Crippen LogP contribution is -2.44. The zero-order chi connectivity index (χ0) is 23.9. The van der Waals surface area contributed by atoms with Gasteiger partial charge in [-0.2, -0.15) is 18.3 Å². The molecule has 1 aromatic carbocycles. The lowest BCUT2D eigenvalue weighted by Gasteiger charge is -2.09. The summed E-state index contributed by atoms with van der Waals surface area (Å²) in [6.07, 6.45) is -3.47. The van der Waals surface area contributed by atoms with Crippen molar-refractivity contribution in [1.82, 2.24) is 20.4 Å². The summed E-state index contributed by atoms with van der Waals surface area (Å²) in [5.41, 5.74) is -0.199. The number of esters is 1. The molecule has 172 valence electrons. The molecule has 0 saturated carbocycles. The second kappa shape index (κ2) is 10.2. The van der Waals surface area contributed by atoms with Crippen LogP contribution in [0.1, 0.15) is 17.4 Å². The maximum absolute atomic E-state index is 12.1. The summed E-state index contributed by atoms with van der Waals surface area (Å²) in [5.74, 6) is -2.22. The average molecular weight is 459 g/mol. The van der Waals surface area contributed by atoms with E-state index in [1.165, 1.54) is 35.8 Å². The van der Waals surface area contributed by atoms with E-state index in [1.54, 1.807) is 12.2 Å². The van der Waals surface area contributed by atoms with Crippen molar-refractivity contribution in [1.29, 1.82) is 0 Å². The van der Waals surface area contributed by atoms with E-state index in [9.17, 15) is 37.7 Å². The third-order valence-electron chi connectivity index (χ3n) is 3.54. The van der Waals surface area contributed by atoms with Crippen LogP contribution in [0.25, 0.3) is 5.69 Å². The van der Waals surface area contributed by atoms with Gasteiger partial charge in [-0.05, 0) is 19.1 Å². The molecule has 0 saturated heterocycles. The van der Waals surface area contributed by atoms with Crippen LogP contribution in [0.3, 0.4) is 0 Å². The molecule has 0 atom stereocenters. The number of aromatic nitrogens is 2. The van der Waals surface area contributed by atoms with Crippen molar-refractivity contribution in [2.24, 2.45) is 0 Å². The number of nitro benzene ring substituents is 1. The molecule has 12 nitrogen and oxygen atoms in total. The molecule has 0 radical (unpaired) electrons. The van der Waals surface area contributed by atoms with Gasteiger partial charge in [-0.25, -0.2) is 14.3 Å². The molecule has 15 heteroatoms. The first-order valence-electron chi connectivity index (χ1n) is 8.79. The summed E-state index contributed by atoms with van der Waals surface area (Å²) in [6, 6.07) is 3.72. The Kier molecular flexibility index (Phi) is 7.71. The zero-order valence-corrected chi connectivity index (χ0v) is 16.3. The van der Waals surface area contributed by atoms with E-state index in [0.717, 1.165) is 4.68 Å². The summed E-state index contributed by atoms with van der Waals surface area (Å²) < 4.78 is 47.4. The lowest BCUT2D eigenvalue weighted by atomic mass is 10.3. The number of hydrogen-bond acceptors (Lipinski definition) is 8. The van der Waals surface area contributed by atoms with Gasteiger partial charge in [0.1, 0.15) is 6.54 Å². The first kappa shape index (κ1) is 24.1. The number of benzene rings is 1. The molecule has 1 heterocycles. The van der Waals surface area contributed by atoms with E-state index < -0.39 is 42.2 Å². The number of non-ortho nitro benzene ring substituents is 1. The maximum Gasteiger partial charge on any atom is 0.405 e. The Labute approximate surface area is 177 Å². The summed E-state index contributed by atoms with van der Waals surface area (Å²) >= 11 is 0. The van der Waals surface area contributed by atoms with Crippen LogP contribution in [0, 0.1) is 10.1 Å². The first-order valence-corrected chi connectivity index (χ1v) is 8.79. The number of hydrogen-bond donors (Lipinski definition) is 2. The van der Waals surface area contributed by atoms with Crippen LogP contribution in [0.4, 0.5) is 23.7 Å². The topological polar surface area (TPSA) is 155 Å². The van der Waals surface area contributed by atoms with Crippen molar-refractivity contribution < 1.29 is 42.0 Å². The van der Waals surface area contributed by atoms with Gasteiger partial charge in [-0.3, -0.25) is 20.2 Å². The predicted octanol–water partition coefficient (Wildman–Crippen LogP) is 1.72. The molecule has 0 aliphatic rings. The normalized spacial score (nSPS) is 10.9. The van der Waals surface area contributed by atoms with Crippen LogP contribution >= 0.6 is 0 Å². The number of carbonyl (C=O) groups excluding carboxylic acids is 3. The van der Waals surface area contributed by atoms with Gasteiger partial charge < -0.3 is 14.8 Å². The molecule has 2 rings (SSSR count). The van der Waals surface area contributed by atoms with Gasteiger partial charge in [0, 0.05) is 12.1 Å². The number of nitrogens with zero attached hydrogens (tertiary/aromatic N) is 3. The van der Waals surface area contributed by atoms with Gasteiger partial charge in [-0.15, -0.1) is 0 Å². The number of halogens is 3. The third kappa shape index (κ3) is 6.96. The zero-order valence-electron chi connectivity index (χ0n) is 16.3. The van der Waals surface area contributed by atoms with Gasteiger partial charge in [-0.1, -0.05) is 0 Å².